The fourth-order valence-corrected chi connectivity index (χ4v) is 4.44. The van der Waals surface area contributed by atoms with Gasteiger partial charge in [-0.1, -0.05) is 26.0 Å². The van der Waals surface area contributed by atoms with Crippen molar-refractivity contribution in [2.24, 2.45) is 0 Å². The number of likely N-dealkylation sites (N-methyl/N-ethyl adjacent to an activating group) is 1. The minimum Gasteiger partial charge on any atom is -0.333 e. The number of nitrogens with zero attached hydrogens (tertiary/aromatic N) is 3. The van der Waals surface area contributed by atoms with Crippen LogP contribution in [-0.4, -0.2) is 41.6 Å². The lowest BCUT2D eigenvalue weighted by Crippen LogP contribution is -2.42. The molecule has 2 aliphatic rings. The van der Waals surface area contributed by atoms with Crippen LogP contribution in [0.15, 0.2) is 18.2 Å². The Morgan fingerprint density at radius 2 is 1.92 bits per heavy atom. The number of aryl methyl sites for hydroxylation is 1. The van der Waals surface area contributed by atoms with Gasteiger partial charge < -0.3 is 14.4 Å². The normalized spacial score (nSPS) is 17.0. The van der Waals surface area contributed by atoms with Gasteiger partial charge >= 0.3 is 0 Å². The van der Waals surface area contributed by atoms with E-state index in [0.29, 0.717) is 6.54 Å². The van der Waals surface area contributed by atoms with E-state index in [1.807, 2.05) is 4.90 Å². The highest BCUT2D eigenvalue weighted by molar-refractivity contribution is 6.07. The number of hydrogen-bond donors (Lipinski definition) is 0. The van der Waals surface area contributed by atoms with Gasteiger partial charge in [0.15, 0.2) is 0 Å². The second kappa shape index (κ2) is 6.25. The number of para-hydroxylation sites is 1. The summed E-state index contributed by atoms with van der Waals surface area (Å²) in [6.45, 7) is 8.68. The lowest BCUT2D eigenvalue weighted by molar-refractivity contribution is -0.119. The van der Waals surface area contributed by atoms with Gasteiger partial charge in [-0.2, -0.15) is 0 Å². The maximum atomic E-state index is 12.9. The van der Waals surface area contributed by atoms with Crippen molar-refractivity contribution in [3.05, 3.63) is 29.5 Å². The summed E-state index contributed by atoms with van der Waals surface area (Å²) in [5.41, 5.74) is 5.32. The van der Waals surface area contributed by atoms with Crippen LogP contribution in [0.5, 0.6) is 0 Å². The van der Waals surface area contributed by atoms with Crippen molar-refractivity contribution >= 4 is 22.5 Å². The summed E-state index contributed by atoms with van der Waals surface area (Å²) >= 11 is 0. The molecular weight excluding hydrogens is 298 g/mol. The van der Waals surface area contributed by atoms with Crippen LogP contribution in [0.4, 0.5) is 5.69 Å². The van der Waals surface area contributed by atoms with E-state index < -0.39 is 0 Å². The molecule has 1 amide bonds. The largest absolute Gasteiger partial charge is 0.333 e. The molecule has 24 heavy (non-hydrogen) atoms. The number of hydrogen-bond acceptors (Lipinski definition) is 2. The molecule has 128 valence electrons. The highest BCUT2D eigenvalue weighted by Crippen LogP contribution is 2.39. The van der Waals surface area contributed by atoms with Crippen LogP contribution in [-0.2, 0) is 24.2 Å². The van der Waals surface area contributed by atoms with Crippen molar-refractivity contribution in [1.82, 2.24) is 9.47 Å². The monoisotopic (exact) mass is 325 g/mol. The Bertz CT molecular complexity index is 773. The summed E-state index contributed by atoms with van der Waals surface area (Å²) in [7, 11) is 0. The number of benzene rings is 1. The van der Waals surface area contributed by atoms with Crippen LogP contribution in [0.1, 0.15) is 37.9 Å². The van der Waals surface area contributed by atoms with Crippen LogP contribution in [0, 0.1) is 0 Å². The predicted molar refractivity (Wildman–Crippen MR) is 98.7 cm³/mol. The van der Waals surface area contributed by atoms with Crippen LogP contribution in [0.2, 0.25) is 0 Å². The van der Waals surface area contributed by atoms with E-state index in [2.05, 4.69) is 41.5 Å². The molecule has 0 spiro atoms. The standard InChI is InChI=1S/C20H27N3O/c1-3-21(4-2)12-13-22-18-11-7-9-16-15-8-5-6-10-17(15)23(20(16)18)14-19(22)24/h7,9,11H,3-6,8,10,12-14H2,1-2H3. The van der Waals surface area contributed by atoms with Crippen LogP contribution < -0.4 is 4.90 Å². The zero-order valence-electron chi connectivity index (χ0n) is 14.8. The van der Waals surface area contributed by atoms with Crippen LogP contribution in [0.3, 0.4) is 0 Å². The number of carbonyl (C=O) groups is 1. The highest BCUT2D eigenvalue weighted by Gasteiger charge is 2.30. The highest BCUT2D eigenvalue weighted by atomic mass is 16.2. The van der Waals surface area contributed by atoms with Crippen LogP contribution >= 0.6 is 0 Å². The molecule has 0 unspecified atom stereocenters. The molecule has 0 fully saturated rings. The van der Waals surface area contributed by atoms with Crippen LogP contribution in [0.25, 0.3) is 10.9 Å². The van der Waals surface area contributed by atoms with E-state index in [-0.39, 0.29) is 5.91 Å². The molecule has 1 aromatic heterocycles. The van der Waals surface area contributed by atoms with Gasteiger partial charge in [0.2, 0.25) is 5.91 Å². The zero-order chi connectivity index (χ0) is 16.7. The number of anilines is 1. The van der Waals surface area contributed by atoms with Gasteiger partial charge in [-0.15, -0.1) is 0 Å². The molecular formula is C20H27N3O. The van der Waals surface area contributed by atoms with Crippen molar-refractivity contribution in [2.75, 3.05) is 31.1 Å². The quantitative estimate of drug-likeness (QED) is 0.844. The fraction of sp³-hybridized carbons (Fsp3) is 0.550. The maximum Gasteiger partial charge on any atom is 0.247 e. The first-order chi connectivity index (χ1) is 11.7. The molecule has 1 aromatic carbocycles. The molecule has 0 bridgehead atoms. The molecule has 0 radical (unpaired) electrons. The van der Waals surface area contributed by atoms with Crippen molar-refractivity contribution in [2.45, 2.75) is 46.1 Å². The first kappa shape index (κ1) is 15.7. The fourth-order valence-electron chi connectivity index (χ4n) is 4.44. The van der Waals surface area contributed by atoms with Gasteiger partial charge in [0.1, 0.15) is 6.54 Å². The van der Waals surface area contributed by atoms with E-state index in [9.17, 15) is 4.79 Å². The molecule has 2 heterocycles. The molecule has 2 aromatic rings. The van der Waals surface area contributed by atoms with Gasteiger partial charge in [-0.3, -0.25) is 4.79 Å². The lowest BCUT2D eigenvalue weighted by atomic mass is 9.95. The SMILES string of the molecule is CCN(CC)CCN1C(=O)Cn2c3c(c4cccc1c42)CCCC3. The Morgan fingerprint density at radius 3 is 2.71 bits per heavy atom. The molecule has 0 atom stereocenters. The number of carbonyl (C=O) groups excluding carboxylic acids is 1. The summed E-state index contributed by atoms with van der Waals surface area (Å²) < 4.78 is 2.31. The molecule has 4 nitrogen and oxygen atoms in total. The van der Waals surface area contributed by atoms with Gasteiger partial charge in [0, 0.05) is 24.2 Å². The number of amides is 1. The summed E-state index contributed by atoms with van der Waals surface area (Å²) in [6.07, 6.45) is 4.81. The smallest absolute Gasteiger partial charge is 0.247 e. The molecule has 0 saturated heterocycles. The maximum absolute atomic E-state index is 12.9. The summed E-state index contributed by atoms with van der Waals surface area (Å²) in [6, 6.07) is 6.50. The van der Waals surface area contributed by atoms with E-state index in [1.165, 1.54) is 35.0 Å². The number of rotatable bonds is 5. The van der Waals surface area contributed by atoms with Crippen molar-refractivity contribution in [3.8, 4) is 0 Å². The third-order valence-corrected chi connectivity index (χ3v) is 5.79. The number of fused-ring (bicyclic) bond motifs is 3. The van der Waals surface area contributed by atoms with Gasteiger partial charge in [0.05, 0.1) is 11.2 Å². The lowest BCUT2D eigenvalue weighted by Gasteiger charge is -2.31. The predicted octanol–water partition coefficient (Wildman–Crippen LogP) is 3.21. The van der Waals surface area contributed by atoms with Gasteiger partial charge in [0.25, 0.3) is 0 Å². The Hall–Kier alpha value is -1.81. The van der Waals surface area contributed by atoms with Gasteiger partial charge in [-0.05, 0) is 50.4 Å². The van der Waals surface area contributed by atoms with Crippen molar-refractivity contribution in [3.63, 3.8) is 0 Å². The van der Waals surface area contributed by atoms with E-state index >= 15 is 0 Å². The Labute approximate surface area is 144 Å². The Morgan fingerprint density at radius 1 is 1.12 bits per heavy atom. The minimum atomic E-state index is 0.242. The number of aromatic nitrogens is 1. The summed E-state index contributed by atoms with van der Waals surface area (Å²) in [5.74, 6) is 0.242. The molecule has 1 aliphatic heterocycles. The molecule has 0 saturated carbocycles. The van der Waals surface area contributed by atoms with Gasteiger partial charge in [-0.25, -0.2) is 0 Å². The third-order valence-electron chi connectivity index (χ3n) is 5.79. The second-order valence-electron chi connectivity index (χ2n) is 6.96. The van der Waals surface area contributed by atoms with E-state index in [0.717, 1.165) is 44.7 Å². The Balaban J connectivity index is 1.76. The first-order valence-electron chi connectivity index (χ1n) is 9.40. The average Bonchev–Trinajstić information content (AvgIpc) is 2.93. The van der Waals surface area contributed by atoms with Crippen molar-refractivity contribution < 1.29 is 4.79 Å². The molecule has 4 rings (SSSR count). The third kappa shape index (κ3) is 2.35. The van der Waals surface area contributed by atoms with E-state index in [4.69, 9.17) is 0 Å². The topological polar surface area (TPSA) is 28.5 Å². The van der Waals surface area contributed by atoms with E-state index in [1.54, 1.807) is 0 Å². The first-order valence-corrected chi connectivity index (χ1v) is 9.40. The zero-order valence-corrected chi connectivity index (χ0v) is 14.8. The molecule has 1 aliphatic carbocycles. The second-order valence-corrected chi connectivity index (χ2v) is 6.96. The average molecular weight is 325 g/mol. The Kier molecular flexibility index (Phi) is 4.09. The molecule has 0 N–H and O–H groups in total. The summed E-state index contributed by atoms with van der Waals surface area (Å²) in [5, 5.41) is 1.38. The van der Waals surface area contributed by atoms with Crippen molar-refractivity contribution in [1.29, 1.82) is 0 Å². The minimum absolute atomic E-state index is 0.242. The summed E-state index contributed by atoms with van der Waals surface area (Å²) in [4.78, 5) is 17.3. The molecule has 4 heteroatoms.